The summed E-state index contributed by atoms with van der Waals surface area (Å²) in [4.78, 5) is 52.5. The fraction of sp³-hybridized carbons (Fsp3) is 0.611. The summed E-state index contributed by atoms with van der Waals surface area (Å²) in [7, 11) is 0. The molecule has 2 rings (SSSR count). The predicted octanol–water partition coefficient (Wildman–Crippen LogP) is 1.51. The van der Waals surface area contributed by atoms with E-state index >= 15 is 0 Å². The standard InChI is InChI=1S/C18H26N4O4/c1-4-5-9-21-16-15(20(12-19-16)11-14(3)24)17(25)22(18(21)26)10-7-6-8-13(2)23/h12H,4-11H2,1-3H3. The molecule has 0 fully saturated rings. The Morgan fingerprint density at radius 2 is 1.69 bits per heavy atom. The molecule has 0 aliphatic rings. The maximum absolute atomic E-state index is 12.9. The molecule has 0 bridgehead atoms. The van der Waals surface area contributed by atoms with Crippen LogP contribution in [0, 0.1) is 0 Å². The zero-order valence-corrected chi connectivity index (χ0v) is 15.7. The van der Waals surface area contributed by atoms with Crippen molar-refractivity contribution in [1.82, 2.24) is 18.7 Å². The minimum atomic E-state index is -0.431. The first kappa shape index (κ1) is 19.8. The third-order valence-electron chi connectivity index (χ3n) is 4.27. The molecule has 0 radical (unpaired) electrons. The van der Waals surface area contributed by atoms with E-state index in [4.69, 9.17) is 0 Å². The first-order valence-electron chi connectivity index (χ1n) is 9.04. The van der Waals surface area contributed by atoms with Gasteiger partial charge < -0.3 is 9.36 Å². The Morgan fingerprint density at radius 1 is 1.00 bits per heavy atom. The van der Waals surface area contributed by atoms with Crippen molar-refractivity contribution in [3.63, 3.8) is 0 Å². The Bertz CT molecular complexity index is 920. The zero-order chi connectivity index (χ0) is 19.3. The van der Waals surface area contributed by atoms with Crippen molar-refractivity contribution in [1.29, 1.82) is 0 Å². The van der Waals surface area contributed by atoms with Gasteiger partial charge in [-0.2, -0.15) is 0 Å². The van der Waals surface area contributed by atoms with E-state index in [1.165, 1.54) is 33.9 Å². The van der Waals surface area contributed by atoms with Crippen LogP contribution in [0.15, 0.2) is 15.9 Å². The topological polar surface area (TPSA) is 96.0 Å². The molecule has 0 spiro atoms. The molecule has 0 saturated heterocycles. The largest absolute Gasteiger partial charge is 0.332 e. The summed E-state index contributed by atoms with van der Waals surface area (Å²) in [5.74, 6) is -0.00398. The van der Waals surface area contributed by atoms with Crippen LogP contribution in [0.4, 0.5) is 0 Å². The predicted molar refractivity (Wildman–Crippen MR) is 98.4 cm³/mol. The first-order chi connectivity index (χ1) is 12.4. The van der Waals surface area contributed by atoms with Crippen molar-refractivity contribution in [2.45, 2.75) is 72.5 Å². The zero-order valence-electron chi connectivity index (χ0n) is 15.7. The second kappa shape index (κ2) is 8.73. The number of imidazole rings is 1. The van der Waals surface area contributed by atoms with Gasteiger partial charge in [0.25, 0.3) is 5.56 Å². The lowest BCUT2D eigenvalue weighted by atomic mass is 10.2. The van der Waals surface area contributed by atoms with Crippen molar-refractivity contribution in [3.8, 4) is 0 Å². The molecule has 0 aliphatic carbocycles. The van der Waals surface area contributed by atoms with E-state index in [0.29, 0.717) is 31.5 Å². The van der Waals surface area contributed by atoms with Crippen molar-refractivity contribution >= 4 is 22.7 Å². The van der Waals surface area contributed by atoms with Gasteiger partial charge in [0.2, 0.25) is 0 Å². The molecule has 2 heterocycles. The van der Waals surface area contributed by atoms with Crippen molar-refractivity contribution < 1.29 is 9.59 Å². The van der Waals surface area contributed by atoms with Gasteiger partial charge in [-0.25, -0.2) is 9.78 Å². The number of ketones is 2. The van der Waals surface area contributed by atoms with Crippen molar-refractivity contribution in [3.05, 3.63) is 27.2 Å². The van der Waals surface area contributed by atoms with Crippen LogP contribution in [0.5, 0.6) is 0 Å². The number of unbranched alkanes of at least 4 members (excludes halogenated alkanes) is 2. The Morgan fingerprint density at radius 3 is 2.31 bits per heavy atom. The summed E-state index contributed by atoms with van der Waals surface area (Å²) < 4.78 is 4.23. The molecule has 0 atom stereocenters. The quantitative estimate of drug-likeness (QED) is 0.597. The average molecular weight is 362 g/mol. The highest BCUT2D eigenvalue weighted by atomic mass is 16.2. The molecule has 2 aromatic rings. The molecule has 26 heavy (non-hydrogen) atoms. The Kier molecular flexibility index (Phi) is 6.65. The molecular weight excluding hydrogens is 336 g/mol. The minimum absolute atomic E-state index is 0.0437. The molecule has 0 N–H and O–H groups in total. The highest BCUT2D eigenvalue weighted by Gasteiger charge is 2.18. The lowest BCUT2D eigenvalue weighted by Gasteiger charge is -2.12. The molecular formula is C18H26N4O4. The Balaban J connectivity index is 2.51. The first-order valence-corrected chi connectivity index (χ1v) is 9.04. The van der Waals surface area contributed by atoms with E-state index in [2.05, 4.69) is 4.98 Å². The normalized spacial score (nSPS) is 11.2. The van der Waals surface area contributed by atoms with E-state index in [0.717, 1.165) is 12.8 Å². The van der Waals surface area contributed by atoms with Crippen molar-refractivity contribution in [2.75, 3.05) is 0 Å². The molecule has 2 aromatic heterocycles. The number of carbonyl (C=O) groups is 2. The minimum Gasteiger partial charge on any atom is -0.317 e. The van der Waals surface area contributed by atoms with E-state index < -0.39 is 5.56 Å². The lowest BCUT2D eigenvalue weighted by molar-refractivity contribution is -0.118. The number of aromatic nitrogens is 4. The molecule has 8 nitrogen and oxygen atoms in total. The monoisotopic (exact) mass is 362 g/mol. The van der Waals surface area contributed by atoms with Crippen LogP contribution >= 0.6 is 0 Å². The maximum atomic E-state index is 12.9. The number of Topliss-reactive ketones (excluding diaryl/α,β-unsaturated/α-hetero) is 2. The SMILES string of the molecule is CCCCn1c(=O)n(CCCCC(C)=O)c(=O)c2c1ncn2CC(C)=O. The average Bonchev–Trinajstić information content (AvgIpc) is 2.96. The van der Waals surface area contributed by atoms with E-state index in [-0.39, 0.29) is 35.9 Å². The second-order valence-corrected chi connectivity index (χ2v) is 6.65. The highest BCUT2D eigenvalue weighted by Crippen LogP contribution is 2.09. The highest BCUT2D eigenvalue weighted by molar-refractivity contribution is 5.78. The van der Waals surface area contributed by atoms with Crippen LogP contribution in [-0.4, -0.2) is 30.3 Å². The van der Waals surface area contributed by atoms with Gasteiger partial charge in [0, 0.05) is 19.5 Å². The van der Waals surface area contributed by atoms with Crippen LogP contribution in [-0.2, 0) is 29.2 Å². The number of aryl methyl sites for hydroxylation is 1. The van der Waals surface area contributed by atoms with E-state index in [1.807, 2.05) is 6.92 Å². The van der Waals surface area contributed by atoms with Gasteiger partial charge in [-0.3, -0.25) is 18.7 Å². The van der Waals surface area contributed by atoms with Gasteiger partial charge in [-0.05, 0) is 33.1 Å². The van der Waals surface area contributed by atoms with Crippen LogP contribution < -0.4 is 11.2 Å². The number of fused-ring (bicyclic) bond motifs is 1. The third-order valence-corrected chi connectivity index (χ3v) is 4.27. The fourth-order valence-electron chi connectivity index (χ4n) is 2.96. The van der Waals surface area contributed by atoms with Gasteiger partial charge in [0.15, 0.2) is 11.2 Å². The second-order valence-electron chi connectivity index (χ2n) is 6.65. The van der Waals surface area contributed by atoms with Crippen LogP contribution in [0.2, 0.25) is 0 Å². The van der Waals surface area contributed by atoms with Crippen LogP contribution in [0.3, 0.4) is 0 Å². The number of hydrogen-bond donors (Lipinski definition) is 0. The smallest absolute Gasteiger partial charge is 0.317 e. The molecule has 0 saturated carbocycles. The number of nitrogens with zero attached hydrogens (tertiary/aromatic N) is 4. The Labute approximate surface area is 151 Å². The van der Waals surface area contributed by atoms with Crippen LogP contribution in [0.1, 0.15) is 52.9 Å². The Hall–Kier alpha value is -2.51. The van der Waals surface area contributed by atoms with Gasteiger partial charge in [-0.15, -0.1) is 0 Å². The molecule has 8 heteroatoms. The van der Waals surface area contributed by atoms with Gasteiger partial charge in [0.05, 0.1) is 12.9 Å². The summed E-state index contributed by atoms with van der Waals surface area (Å²) in [6.07, 6.45) is 4.76. The lowest BCUT2D eigenvalue weighted by Crippen LogP contribution is -2.41. The number of carbonyl (C=O) groups excluding carboxylic acids is 2. The van der Waals surface area contributed by atoms with E-state index in [1.54, 1.807) is 0 Å². The summed E-state index contributed by atoms with van der Waals surface area (Å²) in [5.41, 5.74) is -0.205. The maximum Gasteiger partial charge on any atom is 0.332 e. The van der Waals surface area contributed by atoms with Gasteiger partial charge in [-0.1, -0.05) is 13.3 Å². The van der Waals surface area contributed by atoms with Gasteiger partial charge >= 0.3 is 5.69 Å². The number of rotatable bonds is 10. The van der Waals surface area contributed by atoms with Crippen molar-refractivity contribution in [2.24, 2.45) is 0 Å². The molecule has 0 aliphatic heterocycles. The summed E-state index contributed by atoms with van der Waals surface area (Å²) >= 11 is 0. The number of hydrogen-bond acceptors (Lipinski definition) is 5. The molecule has 0 unspecified atom stereocenters. The molecule has 0 aromatic carbocycles. The third kappa shape index (κ3) is 4.36. The van der Waals surface area contributed by atoms with Crippen LogP contribution in [0.25, 0.3) is 11.2 Å². The summed E-state index contributed by atoms with van der Waals surface area (Å²) in [6, 6.07) is 0. The fourth-order valence-corrected chi connectivity index (χ4v) is 2.96. The summed E-state index contributed by atoms with van der Waals surface area (Å²) in [5, 5.41) is 0. The van der Waals surface area contributed by atoms with Gasteiger partial charge in [0.1, 0.15) is 11.6 Å². The summed E-state index contributed by atoms with van der Waals surface area (Å²) in [6.45, 7) is 5.75. The molecule has 0 amide bonds. The van der Waals surface area contributed by atoms with E-state index in [9.17, 15) is 19.2 Å². The molecule has 142 valence electrons.